The highest BCUT2D eigenvalue weighted by Gasteiger charge is 2.08. The smallest absolute Gasteiger partial charge is 0.0329 e. The van der Waals surface area contributed by atoms with Crippen molar-refractivity contribution in [2.24, 2.45) is 11.8 Å². The van der Waals surface area contributed by atoms with Crippen LogP contribution in [0.2, 0.25) is 0 Å². The van der Waals surface area contributed by atoms with Gasteiger partial charge in [0.2, 0.25) is 0 Å². The summed E-state index contributed by atoms with van der Waals surface area (Å²) in [7, 11) is 0. The van der Waals surface area contributed by atoms with Gasteiger partial charge >= 0.3 is 0 Å². The van der Waals surface area contributed by atoms with Crippen LogP contribution in [-0.4, -0.2) is 0 Å². The van der Waals surface area contributed by atoms with E-state index in [1.54, 1.807) is 0 Å². The average molecular weight is 253 g/mol. The van der Waals surface area contributed by atoms with Crippen LogP contribution in [0.5, 0.6) is 0 Å². The molecule has 2 atom stereocenters. The Morgan fingerprint density at radius 3 is 1.44 bits per heavy atom. The molecular weight excluding hydrogens is 216 g/mol. The first kappa shape index (κ1) is 18.0. The molecule has 0 aromatic carbocycles. The van der Waals surface area contributed by atoms with E-state index in [0.717, 1.165) is 11.8 Å². The summed E-state index contributed by atoms with van der Waals surface area (Å²) in [5.41, 5.74) is 0. The molecule has 0 spiro atoms. The molecule has 0 aromatic heterocycles. The van der Waals surface area contributed by atoms with Crippen LogP contribution in [0.3, 0.4) is 0 Å². The van der Waals surface area contributed by atoms with Crippen LogP contribution in [-0.2, 0) is 0 Å². The summed E-state index contributed by atoms with van der Waals surface area (Å²) < 4.78 is 0. The van der Waals surface area contributed by atoms with Gasteiger partial charge < -0.3 is 0 Å². The van der Waals surface area contributed by atoms with E-state index < -0.39 is 0 Å². The highest BCUT2D eigenvalue weighted by molar-refractivity contribution is 4.78. The van der Waals surface area contributed by atoms with Gasteiger partial charge in [0, 0.05) is 0 Å². The third-order valence-corrected chi connectivity index (χ3v) is 3.93. The van der Waals surface area contributed by atoms with Crippen LogP contribution >= 0.6 is 0 Å². The molecule has 0 nitrogen and oxygen atoms in total. The first-order valence-corrected chi connectivity index (χ1v) is 8.55. The van der Waals surface area contributed by atoms with Crippen LogP contribution in [0.1, 0.15) is 98.3 Å². The number of rotatable bonds is 13. The van der Waals surface area contributed by atoms with Gasteiger partial charge in [0.15, 0.2) is 0 Å². The molecule has 2 unspecified atom stereocenters. The lowest BCUT2D eigenvalue weighted by Crippen LogP contribution is -2.04. The number of hydrogen-bond acceptors (Lipinski definition) is 0. The highest BCUT2D eigenvalue weighted by atomic mass is 14.1. The Morgan fingerprint density at radius 1 is 0.611 bits per heavy atom. The Labute approximate surface area is 117 Å². The van der Waals surface area contributed by atoms with E-state index >= 15 is 0 Å². The van der Waals surface area contributed by atoms with Crippen molar-refractivity contribution in [3.63, 3.8) is 0 Å². The van der Waals surface area contributed by atoms with Crippen molar-refractivity contribution in [1.82, 2.24) is 0 Å². The topological polar surface area (TPSA) is 0 Å². The van der Waals surface area contributed by atoms with Gasteiger partial charge in [-0.2, -0.15) is 0 Å². The average Bonchev–Trinajstić information content (AvgIpc) is 2.34. The van der Waals surface area contributed by atoms with Crippen LogP contribution in [0.15, 0.2) is 0 Å². The molecule has 0 heterocycles. The van der Waals surface area contributed by atoms with Gasteiger partial charge in [0.25, 0.3) is 0 Å². The maximum atomic E-state index is 2.60. The van der Waals surface area contributed by atoms with Crippen LogP contribution in [0.25, 0.3) is 0 Å². The van der Waals surface area contributed by atoms with E-state index in [1.165, 1.54) is 70.6 Å². The summed E-state index contributed by atoms with van der Waals surface area (Å²) in [4.78, 5) is 0. The maximum Gasteiger partial charge on any atom is -0.0329 e. The zero-order valence-corrected chi connectivity index (χ0v) is 13.5. The quantitative estimate of drug-likeness (QED) is 0.317. The van der Waals surface area contributed by atoms with E-state index in [2.05, 4.69) is 34.1 Å². The molecule has 0 rings (SSSR count). The van der Waals surface area contributed by atoms with Gasteiger partial charge in [-0.3, -0.25) is 0 Å². The predicted molar refractivity (Wildman–Crippen MR) is 84.8 cm³/mol. The van der Waals surface area contributed by atoms with Crippen molar-refractivity contribution in [2.45, 2.75) is 98.3 Å². The Kier molecular flexibility index (Phi) is 13.4. The standard InChI is InChI=1S/C18H37/c1-5-7-9-11-13-15-18(4)16-17(3)14-12-10-8-6-2/h16-18H,5-15H2,1-4H3. The Morgan fingerprint density at radius 2 is 1.00 bits per heavy atom. The lowest BCUT2D eigenvalue weighted by Gasteiger charge is -2.16. The molecule has 1 radical (unpaired) electrons. The highest BCUT2D eigenvalue weighted by Crippen LogP contribution is 2.21. The molecule has 0 amide bonds. The third-order valence-electron chi connectivity index (χ3n) is 3.93. The summed E-state index contributed by atoms with van der Waals surface area (Å²) in [6, 6.07) is 0. The lowest BCUT2D eigenvalue weighted by atomic mass is 9.89. The minimum atomic E-state index is 0.826. The molecule has 0 N–H and O–H groups in total. The van der Waals surface area contributed by atoms with Gasteiger partial charge in [0.1, 0.15) is 0 Å². The maximum absolute atomic E-state index is 2.60. The summed E-state index contributed by atoms with van der Waals surface area (Å²) in [5.74, 6) is 1.65. The second-order valence-electron chi connectivity index (χ2n) is 6.20. The molecule has 0 saturated carbocycles. The van der Waals surface area contributed by atoms with Crippen molar-refractivity contribution in [2.75, 3.05) is 0 Å². The number of hydrogen-bond donors (Lipinski definition) is 0. The molecule has 0 aliphatic heterocycles. The van der Waals surface area contributed by atoms with E-state index in [9.17, 15) is 0 Å². The minimum absolute atomic E-state index is 0.826. The molecule has 0 aromatic rings. The van der Waals surface area contributed by atoms with Crippen molar-refractivity contribution in [3.05, 3.63) is 6.42 Å². The fraction of sp³-hybridized carbons (Fsp3) is 0.944. The van der Waals surface area contributed by atoms with Crippen LogP contribution in [0, 0.1) is 18.3 Å². The normalized spacial score (nSPS) is 14.7. The van der Waals surface area contributed by atoms with E-state index in [-0.39, 0.29) is 0 Å². The Hall–Kier alpha value is 0. The SMILES string of the molecule is CCCCCCCC(C)[CH]C(C)CCCCCC. The van der Waals surface area contributed by atoms with E-state index in [1.807, 2.05) is 0 Å². The second kappa shape index (κ2) is 13.4. The summed E-state index contributed by atoms with van der Waals surface area (Å²) in [6.07, 6.45) is 18.1. The van der Waals surface area contributed by atoms with Crippen molar-refractivity contribution >= 4 is 0 Å². The van der Waals surface area contributed by atoms with E-state index in [4.69, 9.17) is 0 Å². The predicted octanol–water partition coefficient (Wildman–Crippen LogP) is 6.79. The zero-order chi connectivity index (χ0) is 13.6. The van der Waals surface area contributed by atoms with Gasteiger partial charge in [-0.05, 0) is 18.3 Å². The molecule has 0 aliphatic carbocycles. The molecule has 18 heavy (non-hydrogen) atoms. The van der Waals surface area contributed by atoms with Gasteiger partial charge in [0.05, 0.1) is 0 Å². The van der Waals surface area contributed by atoms with Gasteiger partial charge in [-0.15, -0.1) is 0 Å². The molecule has 0 bridgehead atoms. The van der Waals surface area contributed by atoms with Gasteiger partial charge in [-0.25, -0.2) is 0 Å². The lowest BCUT2D eigenvalue weighted by molar-refractivity contribution is 0.451. The van der Waals surface area contributed by atoms with Crippen molar-refractivity contribution < 1.29 is 0 Å². The van der Waals surface area contributed by atoms with Crippen LogP contribution in [0.4, 0.5) is 0 Å². The monoisotopic (exact) mass is 253 g/mol. The molecule has 0 fully saturated rings. The van der Waals surface area contributed by atoms with E-state index in [0.29, 0.717) is 0 Å². The minimum Gasteiger partial charge on any atom is -0.0654 e. The zero-order valence-electron chi connectivity index (χ0n) is 13.5. The largest absolute Gasteiger partial charge is 0.0654 e. The summed E-state index contributed by atoms with van der Waals surface area (Å²) >= 11 is 0. The number of unbranched alkanes of at least 4 members (excludes halogenated alkanes) is 7. The summed E-state index contributed by atoms with van der Waals surface area (Å²) in [5, 5.41) is 0. The van der Waals surface area contributed by atoms with Crippen molar-refractivity contribution in [3.8, 4) is 0 Å². The first-order valence-electron chi connectivity index (χ1n) is 8.55. The van der Waals surface area contributed by atoms with Crippen molar-refractivity contribution in [1.29, 1.82) is 0 Å². The second-order valence-corrected chi connectivity index (χ2v) is 6.20. The van der Waals surface area contributed by atoms with Gasteiger partial charge in [-0.1, -0.05) is 98.3 Å². The fourth-order valence-electron chi connectivity index (χ4n) is 2.72. The molecule has 0 aliphatic rings. The third kappa shape index (κ3) is 12.5. The Balaban J connectivity index is 3.34. The van der Waals surface area contributed by atoms with Crippen LogP contribution < -0.4 is 0 Å². The summed E-state index contributed by atoms with van der Waals surface area (Å²) in [6.45, 7) is 9.38. The molecule has 109 valence electrons. The molecular formula is C18H37. The Bertz CT molecular complexity index is 150. The fourth-order valence-corrected chi connectivity index (χ4v) is 2.72. The molecule has 0 heteroatoms. The first-order chi connectivity index (χ1) is 8.70. The molecule has 0 saturated heterocycles.